The third-order valence-electron chi connectivity index (χ3n) is 4.36. The maximum atomic E-state index is 2.46. The van der Waals surface area contributed by atoms with Crippen molar-refractivity contribution in [2.75, 3.05) is 20.1 Å². The highest BCUT2D eigenvalue weighted by Gasteiger charge is 2.38. The van der Waals surface area contributed by atoms with Gasteiger partial charge >= 0.3 is 0 Å². The molecule has 74 valence electrons. The Bertz CT molecular complexity index is 232. The van der Waals surface area contributed by atoms with Crippen molar-refractivity contribution in [2.24, 2.45) is 5.41 Å². The summed E-state index contributed by atoms with van der Waals surface area (Å²) in [5.74, 6) is 0. The molecule has 1 heteroatoms. The molecule has 0 aromatic carbocycles. The lowest BCUT2D eigenvalue weighted by atomic mass is 9.73. The SMILES string of the molecule is CC1=C(C)C2(CC1)CCN(C)CC2. The Morgan fingerprint density at radius 1 is 1.08 bits per heavy atom. The van der Waals surface area contributed by atoms with Crippen LogP contribution in [0.4, 0.5) is 0 Å². The topological polar surface area (TPSA) is 3.24 Å². The van der Waals surface area contributed by atoms with Gasteiger partial charge in [0.2, 0.25) is 0 Å². The average molecular weight is 179 g/mol. The smallest absolute Gasteiger partial charge is 0.00134 e. The number of piperidine rings is 1. The summed E-state index contributed by atoms with van der Waals surface area (Å²) in [6.45, 7) is 7.28. The van der Waals surface area contributed by atoms with Crippen molar-refractivity contribution in [2.45, 2.75) is 39.5 Å². The molecule has 0 bridgehead atoms. The quantitative estimate of drug-likeness (QED) is 0.517. The van der Waals surface area contributed by atoms with Crippen LogP contribution < -0.4 is 0 Å². The second-order valence-electron chi connectivity index (χ2n) is 4.99. The van der Waals surface area contributed by atoms with Gasteiger partial charge in [-0.05, 0) is 65.1 Å². The standard InChI is InChI=1S/C12H21N/c1-10-4-5-12(11(10)2)6-8-13(3)9-7-12/h4-9H2,1-3H3. The van der Waals surface area contributed by atoms with Crippen LogP contribution in [0.15, 0.2) is 11.1 Å². The highest BCUT2D eigenvalue weighted by atomic mass is 15.1. The molecule has 2 aliphatic rings. The van der Waals surface area contributed by atoms with E-state index in [1.165, 1.54) is 38.8 Å². The van der Waals surface area contributed by atoms with E-state index in [2.05, 4.69) is 25.8 Å². The zero-order valence-electron chi connectivity index (χ0n) is 9.19. The zero-order chi connectivity index (χ0) is 9.47. The number of allylic oxidation sites excluding steroid dienone is 2. The Labute approximate surface area is 81.8 Å². The lowest BCUT2D eigenvalue weighted by Gasteiger charge is -2.39. The summed E-state index contributed by atoms with van der Waals surface area (Å²) in [5, 5.41) is 0. The van der Waals surface area contributed by atoms with Gasteiger partial charge in [0.1, 0.15) is 0 Å². The fourth-order valence-corrected chi connectivity index (χ4v) is 2.93. The van der Waals surface area contributed by atoms with Gasteiger partial charge in [-0.3, -0.25) is 0 Å². The minimum Gasteiger partial charge on any atom is -0.306 e. The van der Waals surface area contributed by atoms with Crippen LogP contribution in [-0.4, -0.2) is 25.0 Å². The molecule has 2 rings (SSSR count). The van der Waals surface area contributed by atoms with Crippen LogP contribution in [0.25, 0.3) is 0 Å². The molecule has 0 aromatic rings. The van der Waals surface area contributed by atoms with E-state index in [1.807, 2.05) is 0 Å². The van der Waals surface area contributed by atoms with Gasteiger partial charge < -0.3 is 4.90 Å². The summed E-state index contributed by atoms with van der Waals surface area (Å²) in [7, 11) is 2.24. The molecule has 0 atom stereocenters. The lowest BCUT2D eigenvalue weighted by molar-refractivity contribution is 0.154. The van der Waals surface area contributed by atoms with Gasteiger partial charge in [0, 0.05) is 0 Å². The van der Waals surface area contributed by atoms with E-state index in [0.717, 1.165) is 0 Å². The Kier molecular flexibility index (Phi) is 2.23. The zero-order valence-corrected chi connectivity index (χ0v) is 9.19. The minimum atomic E-state index is 0.622. The van der Waals surface area contributed by atoms with E-state index < -0.39 is 0 Å². The molecule has 0 unspecified atom stereocenters. The first-order chi connectivity index (χ1) is 6.14. The normalized spacial score (nSPS) is 28.8. The van der Waals surface area contributed by atoms with Gasteiger partial charge in [-0.25, -0.2) is 0 Å². The van der Waals surface area contributed by atoms with Crippen LogP contribution in [0, 0.1) is 5.41 Å². The molecule has 0 saturated carbocycles. The summed E-state index contributed by atoms with van der Waals surface area (Å²) < 4.78 is 0. The monoisotopic (exact) mass is 179 g/mol. The van der Waals surface area contributed by atoms with E-state index in [-0.39, 0.29) is 0 Å². The fourth-order valence-electron chi connectivity index (χ4n) is 2.93. The van der Waals surface area contributed by atoms with Gasteiger partial charge in [-0.15, -0.1) is 0 Å². The number of rotatable bonds is 0. The van der Waals surface area contributed by atoms with E-state index in [0.29, 0.717) is 5.41 Å². The van der Waals surface area contributed by atoms with Crippen molar-refractivity contribution < 1.29 is 0 Å². The molecule has 1 nitrogen and oxygen atoms in total. The lowest BCUT2D eigenvalue weighted by Crippen LogP contribution is -2.37. The predicted molar refractivity (Wildman–Crippen MR) is 56.8 cm³/mol. The molecule has 0 aromatic heterocycles. The largest absolute Gasteiger partial charge is 0.306 e. The maximum Gasteiger partial charge on any atom is -0.00134 e. The maximum absolute atomic E-state index is 2.46. The van der Waals surface area contributed by atoms with Crippen LogP contribution in [0.1, 0.15) is 39.5 Å². The molecule has 0 amide bonds. The van der Waals surface area contributed by atoms with Crippen LogP contribution >= 0.6 is 0 Å². The Morgan fingerprint density at radius 2 is 1.69 bits per heavy atom. The predicted octanol–water partition coefficient (Wildman–Crippen LogP) is 2.83. The molecular weight excluding hydrogens is 158 g/mol. The highest BCUT2D eigenvalue weighted by Crippen LogP contribution is 2.49. The minimum absolute atomic E-state index is 0.622. The van der Waals surface area contributed by atoms with Crippen molar-refractivity contribution in [3.8, 4) is 0 Å². The Hall–Kier alpha value is -0.300. The van der Waals surface area contributed by atoms with Gasteiger partial charge in [-0.1, -0.05) is 11.1 Å². The molecular formula is C12H21N. The second-order valence-corrected chi connectivity index (χ2v) is 4.99. The van der Waals surface area contributed by atoms with Crippen molar-refractivity contribution in [3.63, 3.8) is 0 Å². The van der Waals surface area contributed by atoms with Gasteiger partial charge in [-0.2, -0.15) is 0 Å². The van der Waals surface area contributed by atoms with E-state index in [9.17, 15) is 0 Å². The molecule has 0 N–H and O–H groups in total. The molecule has 0 radical (unpaired) electrons. The van der Waals surface area contributed by atoms with Crippen LogP contribution in [-0.2, 0) is 0 Å². The van der Waals surface area contributed by atoms with Crippen LogP contribution in [0.3, 0.4) is 0 Å². The van der Waals surface area contributed by atoms with E-state index >= 15 is 0 Å². The van der Waals surface area contributed by atoms with Crippen molar-refractivity contribution in [1.29, 1.82) is 0 Å². The third kappa shape index (κ3) is 1.43. The third-order valence-corrected chi connectivity index (χ3v) is 4.36. The highest BCUT2D eigenvalue weighted by molar-refractivity contribution is 5.26. The first-order valence-electron chi connectivity index (χ1n) is 5.49. The summed E-state index contributed by atoms with van der Waals surface area (Å²) in [6, 6.07) is 0. The van der Waals surface area contributed by atoms with E-state index in [1.54, 1.807) is 11.1 Å². The van der Waals surface area contributed by atoms with Crippen molar-refractivity contribution in [1.82, 2.24) is 4.90 Å². The molecule has 1 saturated heterocycles. The van der Waals surface area contributed by atoms with Crippen LogP contribution in [0.5, 0.6) is 0 Å². The summed E-state index contributed by atoms with van der Waals surface area (Å²) in [5.41, 5.74) is 4.02. The van der Waals surface area contributed by atoms with Gasteiger partial charge in [0.05, 0.1) is 0 Å². The number of hydrogen-bond acceptors (Lipinski definition) is 1. The van der Waals surface area contributed by atoms with Gasteiger partial charge in [0.15, 0.2) is 0 Å². The molecule has 1 aliphatic carbocycles. The molecule has 1 heterocycles. The summed E-state index contributed by atoms with van der Waals surface area (Å²) in [4.78, 5) is 2.46. The van der Waals surface area contributed by atoms with E-state index in [4.69, 9.17) is 0 Å². The first kappa shape index (κ1) is 9.26. The number of nitrogens with zero attached hydrogens (tertiary/aromatic N) is 1. The average Bonchev–Trinajstić information content (AvgIpc) is 2.40. The number of hydrogen-bond donors (Lipinski definition) is 0. The fraction of sp³-hybridized carbons (Fsp3) is 0.833. The summed E-state index contributed by atoms with van der Waals surface area (Å²) >= 11 is 0. The second kappa shape index (κ2) is 3.13. The van der Waals surface area contributed by atoms with Gasteiger partial charge in [0.25, 0.3) is 0 Å². The number of likely N-dealkylation sites (tertiary alicyclic amines) is 1. The molecule has 1 spiro atoms. The Balaban J connectivity index is 2.15. The molecule has 1 aliphatic heterocycles. The van der Waals surface area contributed by atoms with Crippen LogP contribution in [0.2, 0.25) is 0 Å². The molecule has 13 heavy (non-hydrogen) atoms. The Morgan fingerprint density at radius 3 is 2.15 bits per heavy atom. The van der Waals surface area contributed by atoms with Crippen molar-refractivity contribution in [3.05, 3.63) is 11.1 Å². The first-order valence-corrected chi connectivity index (χ1v) is 5.49. The summed E-state index contributed by atoms with van der Waals surface area (Å²) in [6.07, 6.45) is 5.58. The molecule has 1 fully saturated rings. The van der Waals surface area contributed by atoms with Crippen molar-refractivity contribution >= 4 is 0 Å².